The summed E-state index contributed by atoms with van der Waals surface area (Å²) in [7, 11) is -0.239. The molecule has 0 atom stereocenters. The largest absolute Gasteiger partial charge is 0.492 e. The molecule has 0 bridgehead atoms. The zero-order valence-corrected chi connectivity index (χ0v) is 26.1. The van der Waals surface area contributed by atoms with Gasteiger partial charge >= 0.3 is 0 Å². The fraction of sp³-hybridized carbons (Fsp3) is 0.536. The van der Waals surface area contributed by atoms with Gasteiger partial charge in [0.15, 0.2) is 5.82 Å². The van der Waals surface area contributed by atoms with Crippen LogP contribution in [0.1, 0.15) is 50.7 Å². The molecule has 2 N–H and O–H groups in total. The summed E-state index contributed by atoms with van der Waals surface area (Å²) in [4.78, 5) is 11.3. The molecule has 3 heterocycles. The molecule has 0 spiro atoms. The number of aromatic nitrogens is 4. The highest BCUT2D eigenvalue weighted by atomic mass is 35.5. The number of likely N-dealkylation sites (tertiary alicyclic amines) is 1. The third-order valence-corrected chi connectivity index (χ3v) is 9.59. The number of hydrogen-bond acceptors (Lipinski definition) is 10. The van der Waals surface area contributed by atoms with Crippen LogP contribution in [-0.2, 0) is 21.6 Å². The average Bonchev–Trinajstić information content (AvgIpc) is 3.31. The monoisotopic (exact) mass is 605 g/mol. The number of ether oxygens (including phenoxy) is 2. The van der Waals surface area contributed by atoms with Crippen LogP contribution in [0.3, 0.4) is 0 Å². The molecule has 1 aromatic carbocycles. The minimum Gasteiger partial charge on any atom is -0.492 e. The number of halogens is 1. The Balaban J connectivity index is 1.57. The van der Waals surface area contributed by atoms with E-state index in [9.17, 15) is 8.42 Å². The summed E-state index contributed by atoms with van der Waals surface area (Å²) in [6.45, 7) is 11.6. The van der Waals surface area contributed by atoms with Gasteiger partial charge in [-0.05, 0) is 82.8 Å². The number of nitrogens with one attached hydrogen (secondary N) is 2. The Labute approximate surface area is 247 Å². The Kier molecular flexibility index (Phi) is 10.1. The van der Waals surface area contributed by atoms with Crippen LogP contribution < -0.4 is 15.4 Å². The first kappa shape index (κ1) is 31.0. The average molecular weight is 606 g/mol. The van der Waals surface area contributed by atoms with Gasteiger partial charge in [-0.15, -0.1) is 0 Å². The summed E-state index contributed by atoms with van der Waals surface area (Å²) in [5.74, 6) is 1.72. The van der Waals surface area contributed by atoms with Crippen LogP contribution in [0.4, 0.5) is 23.1 Å². The molecule has 0 unspecified atom stereocenters. The van der Waals surface area contributed by atoms with Crippen LogP contribution in [0.2, 0.25) is 5.02 Å². The van der Waals surface area contributed by atoms with Crippen LogP contribution in [-0.4, -0.2) is 78.3 Å². The Morgan fingerprint density at radius 3 is 2.56 bits per heavy atom. The molecule has 2 aromatic heterocycles. The highest BCUT2D eigenvalue weighted by Gasteiger charge is 2.27. The van der Waals surface area contributed by atoms with Crippen molar-refractivity contribution in [2.45, 2.75) is 56.7 Å². The Hall–Kier alpha value is -2.93. The fourth-order valence-corrected chi connectivity index (χ4v) is 6.19. The van der Waals surface area contributed by atoms with Crippen molar-refractivity contribution in [2.75, 3.05) is 50.6 Å². The lowest BCUT2D eigenvalue weighted by Crippen LogP contribution is -2.35. The van der Waals surface area contributed by atoms with Crippen LogP contribution in [0.5, 0.6) is 5.75 Å². The van der Waals surface area contributed by atoms with Crippen molar-refractivity contribution in [3.05, 3.63) is 40.7 Å². The highest BCUT2D eigenvalue weighted by molar-refractivity contribution is 7.92. The minimum absolute atomic E-state index is 0.0615. The summed E-state index contributed by atoms with van der Waals surface area (Å²) < 4.78 is 38.4. The van der Waals surface area contributed by atoms with E-state index in [4.69, 9.17) is 21.1 Å². The molecule has 13 heteroatoms. The Bertz CT molecular complexity index is 1450. The molecule has 4 rings (SSSR count). The van der Waals surface area contributed by atoms with Crippen molar-refractivity contribution in [1.29, 1.82) is 0 Å². The van der Waals surface area contributed by atoms with Crippen LogP contribution in [0.15, 0.2) is 29.6 Å². The Morgan fingerprint density at radius 1 is 1.17 bits per heavy atom. The van der Waals surface area contributed by atoms with E-state index >= 15 is 0 Å². The van der Waals surface area contributed by atoms with Gasteiger partial charge in [0, 0.05) is 26.9 Å². The van der Waals surface area contributed by atoms with E-state index in [2.05, 4.69) is 49.7 Å². The maximum absolute atomic E-state index is 12.9. The third kappa shape index (κ3) is 7.29. The topological polar surface area (TPSA) is 123 Å². The van der Waals surface area contributed by atoms with Gasteiger partial charge in [0.25, 0.3) is 0 Å². The van der Waals surface area contributed by atoms with Crippen molar-refractivity contribution in [1.82, 2.24) is 24.6 Å². The van der Waals surface area contributed by atoms with Gasteiger partial charge in [-0.25, -0.2) is 13.4 Å². The first-order chi connectivity index (χ1) is 19.5. The number of aryl methyl sites for hydroxylation is 2. The molecule has 0 amide bonds. The second-order valence-corrected chi connectivity index (χ2v) is 13.3. The van der Waals surface area contributed by atoms with Crippen LogP contribution in [0.25, 0.3) is 0 Å². The second kappa shape index (κ2) is 13.4. The standard InChI is InChI=1S/C28H40ClN7O4S/c1-7-40-25-15-21(20-8-10-36(11-9-20)12-13-39-6)19(4)14-23(25)32-28-30-16-22(29)26(33-28)31-24-17-35(5)34-27(24)41(37,38)18(2)3/h14-18,20H,7-13H2,1-6H3,(H2,30,31,32,33). The summed E-state index contributed by atoms with van der Waals surface area (Å²) in [6.07, 6.45) is 5.21. The molecule has 224 valence electrons. The van der Waals surface area contributed by atoms with Gasteiger partial charge in [-0.1, -0.05) is 11.6 Å². The first-order valence-corrected chi connectivity index (χ1v) is 15.8. The van der Waals surface area contributed by atoms with E-state index in [1.807, 2.05) is 6.92 Å². The number of piperidine rings is 1. The lowest BCUT2D eigenvalue weighted by molar-refractivity contribution is 0.130. The van der Waals surface area contributed by atoms with Crippen molar-refractivity contribution in [2.24, 2.45) is 7.05 Å². The molecule has 11 nitrogen and oxygen atoms in total. The van der Waals surface area contributed by atoms with Gasteiger partial charge in [0.1, 0.15) is 10.8 Å². The van der Waals surface area contributed by atoms with E-state index in [1.165, 1.54) is 16.4 Å². The summed E-state index contributed by atoms with van der Waals surface area (Å²) in [6, 6.07) is 4.20. The van der Waals surface area contributed by atoms with Gasteiger partial charge in [-0.3, -0.25) is 4.68 Å². The van der Waals surface area contributed by atoms with E-state index in [-0.39, 0.29) is 27.5 Å². The zero-order chi connectivity index (χ0) is 29.7. The molecule has 0 radical (unpaired) electrons. The molecule has 0 saturated carbocycles. The lowest BCUT2D eigenvalue weighted by atomic mass is 9.86. The smallest absolute Gasteiger partial charge is 0.229 e. The number of sulfone groups is 1. The van der Waals surface area contributed by atoms with E-state index in [1.54, 1.807) is 34.2 Å². The molecular weight excluding hydrogens is 566 g/mol. The number of hydrogen-bond donors (Lipinski definition) is 2. The molecule has 1 aliphatic rings. The maximum Gasteiger partial charge on any atom is 0.229 e. The summed E-state index contributed by atoms with van der Waals surface area (Å²) in [5, 5.41) is 10.0. The highest BCUT2D eigenvalue weighted by Crippen LogP contribution is 2.38. The normalized spacial score (nSPS) is 14.9. The minimum atomic E-state index is -3.64. The van der Waals surface area contributed by atoms with Crippen LogP contribution >= 0.6 is 11.6 Å². The molecule has 3 aromatic rings. The van der Waals surface area contributed by atoms with Gasteiger partial charge in [-0.2, -0.15) is 10.1 Å². The number of methoxy groups -OCH3 is 1. The summed E-state index contributed by atoms with van der Waals surface area (Å²) in [5.41, 5.74) is 3.48. The number of anilines is 4. The quantitative estimate of drug-likeness (QED) is 0.289. The zero-order valence-electron chi connectivity index (χ0n) is 24.6. The molecule has 1 fully saturated rings. The number of benzene rings is 1. The van der Waals surface area contributed by atoms with Crippen molar-refractivity contribution in [3.8, 4) is 5.75 Å². The number of rotatable bonds is 12. The lowest BCUT2D eigenvalue weighted by Gasteiger charge is -2.33. The number of nitrogens with zero attached hydrogens (tertiary/aromatic N) is 5. The van der Waals surface area contributed by atoms with Crippen molar-refractivity contribution >= 4 is 44.6 Å². The first-order valence-electron chi connectivity index (χ1n) is 13.9. The van der Waals surface area contributed by atoms with Crippen LogP contribution in [0, 0.1) is 6.92 Å². The molecular formula is C28H40ClN7O4S. The van der Waals surface area contributed by atoms with E-state index < -0.39 is 15.1 Å². The Morgan fingerprint density at radius 2 is 1.90 bits per heavy atom. The summed E-state index contributed by atoms with van der Waals surface area (Å²) >= 11 is 6.41. The molecule has 1 saturated heterocycles. The molecule has 41 heavy (non-hydrogen) atoms. The third-order valence-electron chi connectivity index (χ3n) is 7.24. The molecule has 1 aliphatic heterocycles. The van der Waals surface area contributed by atoms with E-state index in [0.717, 1.165) is 56.1 Å². The second-order valence-electron chi connectivity index (χ2n) is 10.5. The van der Waals surface area contributed by atoms with Crippen molar-refractivity contribution in [3.63, 3.8) is 0 Å². The predicted octanol–water partition coefficient (Wildman–Crippen LogP) is 5.07. The molecule has 0 aliphatic carbocycles. The van der Waals surface area contributed by atoms with Gasteiger partial charge < -0.3 is 25.0 Å². The van der Waals surface area contributed by atoms with E-state index in [0.29, 0.717) is 12.5 Å². The maximum atomic E-state index is 12.9. The fourth-order valence-electron chi connectivity index (χ4n) is 4.95. The van der Waals surface area contributed by atoms with Crippen molar-refractivity contribution < 1.29 is 17.9 Å². The van der Waals surface area contributed by atoms with Gasteiger partial charge in [0.05, 0.1) is 36.0 Å². The SMILES string of the molecule is CCOc1cc(C2CCN(CCOC)CC2)c(C)cc1Nc1ncc(Cl)c(Nc2cn(C)nc2S(=O)(=O)C(C)C)n1. The predicted molar refractivity (Wildman–Crippen MR) is 162 cm³/mol. The van der Waals surface area contributed by atoms with Gasteiger partial charge in [0.2, 0.25) is 20.8 Å².